The summed E-state index contributed by atoms with van der Waals surface area (Å²) in [6.07, 6.45) is -0.0649. The van der Waals surface area contributed by atoms with E-state index in [-0.39, 0.29) is 33.7 Å². The third kappa shape index (κ3) is 7.19. The van der Waals surface area contributed by atoms with Gasteiger partial charge in [-0.3, -0.25) is 0 Å². The summed E-state index contributed by atoms with van der Waals surface area (Å²) in [6.45, 7) is 31.0. The van der Waals surface area contributed by atoms with E-state index >= 15 is 0 Å². The Kier molecular flexibility index (Phi) is 8.44. The Bertz CT molecular complexity index is 1010. The van der Waals surface area contributed by atoms with Crippen molar-refractivity contribution < 1.29 is 14.7 Å². The second-order valence-electron chi connectivity index (χ2n) is 15.0. The summed E-state index contributed by atoms with van der Waals surface area (Å²) in [4.78, 5) is 31.5. The average molecular weight is 517 g/mol. The van der Waals surface area contributed by atoms with Crippen LogP contribution in [-0.4, -0.2) is 20.8 Å². The van der Waals surface area contributed by atoms with Crippen molar-refractivity contribution in [1.29, 1.82) is 0 Å². The third-order valence-electron chi connectivity index (χ3n) is 7.30. The number of hydrogen-bond acceptors (Lipinski definition) is 3. The van der Waals surface area contributed by atoms with E-state index < -0.39 is 7.94 Å². The molecule has 0 aliphatic rings. The molecule has 0 saturated heterocycles. The van der Waals surface area contributed by atoms with Crippen LogP contribution in [-0.2, 0) is 21.7 Å². The molecular weight excluding hydrogens is 463 g/mol. The van der Waals surface area contributed by atoms with Crippen LogP contribution < -0.4 is 0 Å². The van der Waals surface area contributed by atoms with Crippen molar-refractivity contribution >= 4 is 7.94 Å². The van der Waals surface area contributed by atoms with Crippen molar-refractivity contribution in [3.8, 4) is 0 Å². The Morgan fingerprint density at radius 3 is 1.08 bits per heavy atom. The average Bonchev–Trinajstić information content (AvgIpc) is 2.61. The van der Waals surface area contributed by atoms with Crippen LogP contribution in [0, 0.1) is 13.8 Å². The zero-order chi connectivity index (χ0) is 28.2. The van der Waals surface area contributed by atoms with E-state index in [0.29, 0.717) is 0 Å². The van der Waals surface area contributed by atoms with Gasteiger partial charge in [0.15, 0.2) is 0 Å². The zero-order valence-electron chi connectivity index (χ0n) is 25.4. The summed E-state index contributed by atoms with van der Waals surface area (Å²) >= 11 is 0. The number of benzene rings is 2. The molecule has 36 heavy (non-hydrogen) atoms. The Hall–Kier alpha value is -1.25. The van der Waals surface area contributed by atoms with Gasteiger partial charge in [-0.2, -0.15) is 0 Å². The quantitative estimate of drug-likeness (QED) is 0.360. The Morgan fingerprint density at radius 2 is 0.861 bits per heavy atom. The molecule has 2 rings (SSSR count). The third-order valence-corrected chi connectivity index (χ3v) is 8.25. The Morgan fingerprint density at radius 1 is 0.556 bits per heavy atom. The first-order valence-electron chi connectivity index (χ1n) is 13.3. The standard InChI is InChI=1S/C32H53O3P/c1-20-15-22(29(3,4)5)17-25(31(9,10)11)27(20)24(19-36(33,34)35)28-21(2)16-23(30(6,7)8)18-26(28)32(12,13)14/h15-18,24,33-36H,19H2,1-14H3. The van der Waals surface area contributed by atoms with E-state index in [1.165, 1.54) is 22.3 Å². The van der Waals surface area contributed by atoms with E-state index in [2.05, 4.69) is 121 Å². The predicted molar refractivity (Wildman–Crippen MR) is 159 cm³/mol. The van der Waals surface area contributed by atoms with E-state index in [9.17, 15) is 14.7 Å². The number of aryl methyl sites for hydroxylation is 2. The molecule has 4 heteroatoms. The van der Waals surface area contributed by atoms with Gasteiger partial charge in [-0.05, 0) is 0 Å². The molecule has 2 aromatic carbocycles. The van der Waals surface area contributed by atoms with Gasteiger partial charge in [-0.25, -0.2) is 0 Å². The molecule has 0 aliphatic heterocycles. The van der Waals surface area contributed by atoms with Gasteiger partial charge in [0.2, 0.25) is 0 Å². The van der Waals surface area contributed by atoms with E-state index in [1.807, 2.05) is 0 Å². The molecule has 0 aromatic heterocycles. The van der Waals surface area contributed by atoms with Crippen LogP contribution in [0.1, 0.15) is 134 Å². The maximum atomic E-state index is 10.5. The van der Waals surface area contributed by atoms with E-state index in [1.54, 1.807) is 0 Å². The predicted octanol–water partition coefficient (Wildman–Crippen LogP) is 8.10. The first-order valence-corrected chi connectivity index (χ1v) is 15.4. The van der Waals surface area contributed by atoms with Crippen molar-refractivity contribution in [2.75, 3.05) is 6.16 Å². The number of hydrogen-bond donors (Lipinski definition) is 3. The summed E-state index contributed by atoms with van der Waals surface area (Å²) in [5.41, 5.74) is 9.09. The van der Waals surface area contributed by atoms with Crippen LogP contribution in [0.3, 0.4) is 0 Å². The van der Waals surface area contributed by atoms with Crippen molar-refractivity contribution in [1.82, 2.24) is 0 Å². The van der Waals surface area contributed by atoms with Gasteiger partial charge in [0.25, 0.3) is 0 Å². The SMILES string of the molecule is Cc1cc(C(C)(C)C)cc(C(C)(C)C)c1C(C[PH](O)(O)O)c1c(C)cc(C(C)(C)C)cc1C(C)(C)C. The molecule has 3 nitrogen and oxygen atoms in total. The van der Waals surface area contributed by atoms with Crippen molar-refractivity contribution in [2.24, 2.45) is 0 Å². The normalized spacial score (nSPS) is 14.5. The van der Waals surface area contributed by atoms with Crippen LogP contribution in [0.4, 0.5) is 0 Å². The molecule has 0 fully saturated rings. The summed E-state index contributed by atoms with van der Waals surface area (Å²) in [5.74, 6) is -0.330. The van der Waals surface area contributed by atoms with Crippen LogP contribution in [0.15, 0.2) is 24.3 Å². The summed E-state index contributed by atoms with van der Waals surface area (Å²) < 4.78 is 0. The molecule has 3 N–H and O–H groups in total. The van der Waals surface area contributed by atoms with Gasteiger partial charge in [-0.15, -0.1) is 0 Å². The van der Waals surface area contributed by atoms with Crippen LogP contribution >= 0.6 is 7.94 Å². The molecule has 0 amide bonds. The second kappa shape index (κ2) is 9.81. The molecule has 204 valence electrons. The fraction of sp³-hybridized carbons (Fsp3) is 0.625. The maximum absolute atomic E-state index is 10.5. The van der Waals surface area contributed by atoms with Crippen LogP contribution in [0.5, 0.6) is 0 Å². The summed E-state index contributed by atoms with van der Waals surface area (Å²) in [5, 5.41) is 0. The van der Waals surface area contributed by atoms with Gasteiger partial charge in [-0.1, -0.05) is 0 Å². The molecule has 2 aromatic rings. The molecule has 0 aliphatic carbocycles. The van der Waals surface area contributed by atoms with Crippen molar-refractivity contribution in [2.45, 2.75) is 125 Å². The van der Waals surface area contributed by atoms with Crippen molar-refractivity contribution in [3.63, 3.8) is 0 Å². The first kappa shape index (κ1) is 31.0. The molecule has 0 atom stereocenters. The Balaban J connectivity index is 3.09. The minimum absolute atomic E-state index is 0.0108. The van der Waals surface area contributed by atoms with Crippen LogP contribution in [0.25, 0.3) is 0 Å². The molecule has 0 unspecified atom stereocenters. The molecule has 0 heterocycles. The summed E-state index contributed by atoms with van der Waals surface area (Å²) in [7, 11) is -4.40. The molecule has 0 radical (unpaired) electrons. The molecule has 0 saturated carbocycles. The van der Waals surface area contributed by atoms with E-state index in [4.69, 9.17) is 0 Å². The Labute approximate surface area is 222 Å². The summed E-state index contributed by atoms with van der Waals surface area (Å²) in [6, 6.07) is 9.12. The number of rotatable bonds is 4. The second-order valence-corrected chi connectivity index (χ2v) is 17.0. The monoisotopic (exact) mass is 516 g/mol. The van der Waals surface area contributed by atoms with Crippen LogP contribution in [0.2, 0.25) is 0 Å². The zero-order valence-corrected chi connectivity index (χ0v) is 26.4. The van der Waals surface area contributed by atoms with Gasteiger partial charge in [0.05, 0.1) is 0 Å². The molecule has 0 bridgehead atoms. The van der Waals surface area contributed by atoms with Gasteiger partial charge in [0, 0.05) is 0 Å². The molecule has 0 spiro atoms. The first-order chi connectivity index (χ1) is 15.8. The molecular formula is C32H53O3P. The van der Waals surface area contributed by atoms with Gasteiger partial charge >= 0.3 is 222 Å². The fourth-order valence-corrected chi connectivity index (χ4v) is 6.21. The van der Waals surface area contributed by atoms with Crippen molar-refractivity contribution in [3.05, 3.63) is 68.8 Å². The topological polar surface area (TPSA) is 60.7 Å². The van der Waals surface area contributed by atoms with Gasteiger partial charge in [0.1, 0.15) is 0 Å². The fourth-order valence-electron chi connectivity index (χ4n) is 5.25. The minimum atomic E-state index is -4.40. The van der Waals surface area contributed by atoms with E-state index in [0.717, 1.165) is 22.3 Å². The van der Waals surface area contributed by atoms with Gasteiger partial charge < -0.3 is 0 Å².